The molecule has 0 radical (unpaired) electrons. The van der Waals surface area contributed by atoms with Gasteiger partial charge in [0.1, 0.15) is 5.82 Å². The van der Waals surface area contributed by atoms with Crippen molar-refractivity contribution in [2.24, 2.45) is 5.92 Å². The number of aromatic amines is 1. The Morgan fingerprint density at radius 3 is 2.83 bits per heavy atom. The van der Waals surface area contributed by atoms with Gasteiger partial charge < -0.3 is 4.98 Å². The molecule has 0 amide bonds. The predicted octanol–water partition coefficient (Wildman–Crippen LogP) is 4.27. The van der Waals surface area contributed by atoms with Crippen molar-refractivity contribution in [2.75, 3.05) is 5.75 Å². The molecule has 7 nitrogen and oxygen atoms in total. The Morgan fingerprint density at radius 1 is 1.14 bits per heavy atom. The molecular formula is C19H17Cl2N5O2S. The highest BCUT2D eigenvalue weighted by atomic mass is 35.5. The van der Waals surface area contributed by atoms with Crippen molar-refractivity contribution >= 4 is 49.9 Å². The van der Waals surface area contributed by atoms with E-state index in [2.05, 4.69) is 20.2 Å². The van der Waals surface area contributed by atoms with Crippen molar-refractivity contribution in [1.29, 1.82) is 0 Å². The maximum Gasteiger partial charge on any atom is 0.179 e. The van der Waals surface area contributed by atoms with Crippen LogP contribution in [0.15, 0.2) is 41.6 Å². The Kier molecular flexibility index (Phi) is 4.53. The van der Waals surface area contributed by atoms with E-state index >= 15 is 0 Å². The summed E-state index contributed by atoms with van der Waals surface area (Å²) >= 11 is 11.9. The largest absolute Gasteiger partial charge is 0.345 e. The summed E-state index contributed by atoms with van der Waals surface area (Å²) in [4.78, 5) is 7.65. The molecule has 0 saturated heterocycles. The molecule has 1 aliphatic rings. The fraction of sp³-hybridized carbons (Fsp3) is 0.316. The molecule has 150 valence electrons. The summed E-state index contributed by atoms with van der Waals surface area (Å²) in [5, 5.41) is 9.23. The van der Waals surface area contributed by atoms with E-state index in [-0.39, 0.29) is 27.5 Å². The average Bonchev–Trinajstić information content (AvgIpc) is 3.40. The molecule has 3 aromatic heterocycles. The van der Waals surface area contributed by atoms with Gasteiger partial charge in [0.25, 0.3) is 0 Å². The highest BCUT2D eigenvalue weighted by Gasteiger charge is 2.33. The highest BCUT2D eigenvalue weighted by molar-refractivity contribution is 7.91. The zero-order valence-electron chi connectivity index (χ0n) is 15.2. The van der Waals surface area contributed by atoms with E-state index in [1.807, 2.05) is 16.7 Å². The minimum absolute atomic E-state index is 0.0513. The molecule has 10 heteroatoms. The SMILES string of the molecule is O=S(=O)(C[C@H]1CC[C@@H](c2nnc3cnc4[nH]ccc4n23)C1)c1ccc(Cl)c(Cl)c1. The topological polar surface area (TPSA) is 93.0 Å². The van der Waals surface area contributed by atoms with Crippen LogP contribution in [-0.2, 0) is 9.84 Å². The third kappa shape index (κ3) is 3.29. The van der Waals surface area contributed by atoms with Crippen LogP contribution in [-0.4, -0.2) is 38.7 Å². The van der Waals surface area contributed by atoms with E-state index in [1.54, 1.807) is 6.20 Å². The number of H-pyrrole nitrogens is 1. The zero-order chi connectivity index (χ0) is 20.2. The standard InChI is InChI=1S/C19H17Cl2N5O2S/c20-14-4-3-13(8-15(14)21)29(27,28)10-11-1-2-12(7-11)19-25-24-17-9-23-18-16(26(17)19)5-6-22-18/h3-6,8-9,11-12,22H,1-2,7,10H2/t11-,12+/m0/s1. The van der Waals surface area contributed by atoms with E-state index in [9.17, 15) is 8.42 Å². The first-order valence-corrected chi connectivity index (χ1v) is 11.7. The lowest BCUT2D eigenvalue weighted by Crippen LogP contribution is -2.14. The molecule has 0 aliphatic heterocycles. The summed E-state index contributed by atoms with van der Waals surface area (Å²) in [5.74, 6) is 1.15. The Morgan fingerprint density at radius 2 is 2.00 bits per heavy atom. The van der Waals surface area contributed by atoms with E-state index < -0.39 is 9.84 Å². The Balaban J connectivity index is 1.40. The van der Waals surface area contributed by atoms with E-state index in [4.69, 9.17) is 23.2 Å². The fourth-order valence-corrected chi connectivity index (χ4v) is 6.25. The first-order chi connectivity index (χ1) is 13.9. The van der Waals surface area contributed by atoms with Crippen molar-refractivity contribution < 1.29 is 8.42 Å². The number of hydrogen-bond acceptors (Lipinski definition) is 5. The fourth-order valence-electron chi connectivity index (χ4n) is 4.20. The lowest BCUT2D eigenvalue weighted by atomic mass is 10.1. The molecular weight excluding hydrogens is 433 g/mol. The van der Waals surface area contributed by atoms with Gasteiger partial charge in [0.2, 0.25) is 0 Å². The molecule has 0 spiro atoms. The zero-order valence-corrected chi connectivity index (χ0v) is 17.5. The maximum atomic E-state index is 12.9. The summed E-state index contributed by atoms with van der Waals surface area (Å²) < 4.78 is 27.7. The lowest BCUT2D eigenvalue weighted by Gasteiger charge is -2.12. The molecule has 1 fully saturated rings. The number of sulfone groups is 1. The van der Waals surface area contributed by atoms with Gasteiger partial charge in [-0.25, -0.2) is 13.4 Å². The molecule has 0 unspecified atom stereocenters. The lowest BCUT2D eigenvalue weighted by molar-refractivity contribution is 0.550. The molecule has 4 aromatic rings. The van der Waals surface area contributed by atoms with Crippen LogP contribution in [0.2, 0.25) is 10.0 Å². The van der Waals surface area contributed by atoms with Crippen molar-refractivity contribution in [3.63, 3.8) is 0 Å². The Labute approximate surface area is 177 Å². The molecule has 1 aliphatic carbocycles. The van der Waals surface area contributed by atoms with E-state index in [0.717, 1.165) is 36.3 Å². The Bertz CT molecular complexity index is 1330. The maximum absolute atomic E-state index is 12.9. The van der Waals surface area contributed by atoms with Crippen LogP contribution < -0.4 is 0 Å². The summed E-state index contributed by atoms with van der Waals surface area (Å²) in [7, 11) is -3.44. The van der Waals surface area contributed by atoms with Crippen LogP contribution in [0.5, 0.6) is 0 Å². The molecule has 1 N–H and O–H groups in total. The number of halogens is 2. The summed E-state index contributed by atoms with van der Waals surface area (Å²) in [5.41, 5.74) is 2.39. The summed E-state index contributed by atoms with van der Waals surface area (Å²) in [6.07, 6.45) is 5.96. The number of nitrogens with zero attached hydrogens (tertiary/aromatic N) is 4. The minimum Gasteiger partial charge on any atom is -0.345 e. The summed E-state index contributed by atoms with van der Waals surface area (Å²) in [6, 6.07) is 6.40. The molecule has 3 heterocycles. The van der Waals surface area contributed by atoms with Crippen LogP contribution in [0, 0.1) is 5.92 Å². The minimum atomic E-state index is -3.44. The van der Waals surface area contributed by atoms with Crippen molar-refractivity contribution in [2.45, 2.75) is 30.1 Å². The second-order valence-corrected chi connectivity index (χ2v) is 10.3. The van der Waals surface area contributed by atoms with Gasteiger partial charge in [-0.1, -0.05) is 23.2 Å². The van der Waals surface area contributed by atoms with Crippen molar-refractivity contribution in [3.05, 3.63) is 52.5 Å². The number of aromatic nitrogens is 5. The third-order valence-corrected chi connectivity index (χ3v) is 8.20. The molecule has 0 bridgehead atoms. The van der Waals surface area contributed by atoms with Crippen LogP contribution in [0.25, 0.3) is 16.8 Å². The number of fused-ring (bicyclic) bond motifs is 3. The average molecular weight is 450 g/mol. The normalized spacial score (nSPS) is 20.1. The Hall–Kier alpha value is -2.16. The molecule has 2 atom stereocenters. The van der Waals surface area contributed by atoms with Crippen LogP contribution in [0.3, 0.4) is 0 Å². The summed E-state index contributed by atoms with van der Waals surface area (Å²) in [6.45, 7) is 0. The van der Waals surface area contributed by atoms with Crippen LogP contribution in [0.4, 0.5) is 0 Å². The first kappa shape index (κ1) is 18.8. The van der Waals surface area contributed by atoms with Gasteiger partial charge in [-0.2, -0.15) is 0 Å². The third-order valence-electron chi connectivity index (χ3n) is 5.58. The smallest absolute Gasteiger partial charge is 0.179 e. The quantitative estimate of drug-likeness (QED) is 0.501. The van der Waals surface area contributed by atoms with E-state index in [0.29, 0.717) is 10.7 Å². The second-order valence-electron chi connectivity index (χ2n) is 7.45. The number of hydrogen-bond donors (Lipinski definition) is 1. The van der Waals surface area contributed by atoms with Gasteiger partial charge in [0.05, 0.1) is 32.4 Å². The first-order valence-electron chi connectivity index (χ1n) is 9.27. The molecule has 1 saturated carbocycles. The number of nitrogens with one attached hydrogen (secondary N) is 1. The van der Waals surface area contributed by atoms with Gasteiger partial charge >= 0.3 is 0 Å². The molecule has 1 aromatic carbocycles. The van der Waals surface area contributed by atoms with Crippen LogP contribution in [0.1, 0.15) is 31.0 Å². The van der Waals surface area contributed by atoms with Gasteiger partial charge in [-0.15, -0.1) is 10.2 Å². The van der Waals surface area contributed by atoms with Crippen molar-refractivity contribution in [1.82, 2.24) is 24.6 Å². The van der Waals surface area contributed by atoms with Gasteiger partial charge in [-0.3, -0.25) is 4.40 Å². The van der Waals surface area contributed by atoms with E-state index in [1.165, 1.54) is 18.2 Å². The highest BCUT2D eigenvalue weighted by Crippen LogP contribution is 2.39. The number of benzene rings is 1. The van der Waals surface area contributed by atoms with Gasteiger partial charge in [0, 0.05) is 12.1 Å². The molecule has 29 heavy (non-hydrogen) atoms. The number of rotatable bonds is 4. The predicted molar refractivity (Wildman–Crippen MR) is 111 cm³/mol. The van der Waals surface area contributed by atoms with Gasteiger partial charge in [-0.05, 0) is 49.4 Å². The van der Waals surface area contributed by atoms with Gasteiger partial charge in [0.15, 0.2) is 21.1 Å². The monoisotopic (exact) mass is 449 g/mol. The molecule has 5 rings (SSSR count). The second kappa shape index (κ2) is 6.97. The van der Waals surface area contributed by atoms with Crippen molar-refractivity contribution in [3.8, 4) is 0 Å². The van der Waals surface area contributed by atoms with Crippen LogP contribution >= 0.6 is 23.2 Å².